The fraction of sp³-hybridized carbons (Fsp3) is 0.857. The third-order valence-corrected chi connectivity index (χ3v) is 2.69. The maximum Gasteiger partial charge on any atom is 0.0574 e. The molecule has 0 radical (unpaired) electrons. The lowest BCUT2D eigenvalue weighted by molar-refractivity contribution is 0.164. The second kappa shape index (κ2) is 11.8. The highest BCUT2D eigenvalue weighted by Gasteiger charge is 1.99. The van der Waals surface area contributed by atoms with Crippen molar-refractivity contribution in [3.63, 3.8) is 0 Å². The van der Waals surface area contributed by atoms with Crippen LogP contribution in [0.2, 0.25) is 0 Å². The lowest BCUT2D eigenvalue weighted by Crippen LogP contribution is -2.04. The predicted octanol–water partition coefficient (Wildman–Crippen LogP) is 4.45. The number of unbranched alkanes of at least 4 members (excludes halogenated alkanes) is 5. The Kier molecular flexibility index (Phi) is 11.5. The average molecular weight is 212 g/mol. The molecule has 0 aromatic heterocycles. The Morgan fingerprint density at radius 2 is 1.60 bits per heavy atom. The van der Waals surface area contributed by atoms with Gasteiger partial charge in [0, 0.05) is 0 Å². The van der Waals surface area contributed by atoms with Crippen molar-refractivity contribution in [1.29, 1.82) is 0 Å². The molecule has 0 aliphatic rings. The van der Waals surface area contributed by atoms with E-state index in [2.05, 4.69) is 26.0 Å². The van der Waals surface area contributed by atoms with Crippen LogP contribution < -0.4 is 0 Å². The zero-order valence-corrected chi connectivity index (χ0v) is 10.5. The van der Waals surface area contributed by atoms with Crippen molar-refractivity contribution in [3.8, 4) is 0 Å². The van der Waals surface area contributed by atoms with Crippen LogP contribution in [0.3, 0.4) is 0 Å². The van der Waals surface area contributed by atoms with Crippen LogP contribution in [0.4, 0.5) is 0 Å². The van der Waals surface area contributed by atoms with Crippen molar-refractivity contribution in [2.24, 2.45) is 0 Å². The Morgan fingerprint density at radius 3 is 2.27 bits per heavy atom. The summed E-state index contributed by atoms with van der Waals surface area (Å²) in [5, 5.41) is 9.63. The molecule has 0 spiro atoms. The van der Waals surface area contributed by atoms with E-state index < -0.39 is 0 Å². The summed E-state index contributed by atoms with van der Waals surface area (Å²) in [5.74, 6) is 0. The van der Waals surface area contributed by atoms with Crippen LogP contribution >= 0.6 is 0 Å². The third-order valence-electron chi connectivity index (χ3n) is 2.69. The molecule has 0 aliphatic carbocycles. The van der Waals surface area contributed by atoms with E-state index in [0.29, 0.717) is 0 Å². The number of hydrogen-bond donors (Lipinski definition) is 1. The summed E-state index contributed by atoms with van der Waals surface area (Å²) in [5.41, 5.74) is 0. The maximum atomic E-state index is 9.63. The summed E-state index contributed by atoms with van der Waals surface area (Å²) < 4.78 is 0. The number of aliphatic hydroxyl groups is 1. The molecule has 0 aromatic carbocycles. The predicted molar refractivity (Wildman–Crippen MR) is 68.0 cm³/mol. The van der Waals surface area contributed by atoms with Gasteiger partial charge >= 0.3 is 0 Å². The molecule has 1 atom stereocenters. The summed E-state index contributed by atoms with van der Waals surface area (Å²) in [6.45, 7) is 4.42. The first-order chi connectivity index (χ1) is 7.31. The van der Waals surface area contributed by atoms with Crippen LogP contribution in [-0.4, -0.2) is 11.2 Å². The van der Waals surface area contributed by atoms with Crippen LogP contribution in [-0.2, 0) is 0 Å². The van der Waals surface area contributed by atoms with E-state index in [4.69, 9.17) is 0 Å². The molecule has 0 amide bonds. The zero-order chi connectivity index (χ0) is 11.4. The normalized spacial score (nSPS) is 13.5. The van der Waals surface area contributed by atoms with Gasteiger partial charge in [-0.3, -0.25) is 0 Å². The molecule has 0 fully saturated rings. The highest BCUT2D eigenvalue weighted by Crippen LogP contribution is 2.07. The SMILES string of the molecule is CCCCC/C=C/CC(O)CCCCC. The largest absolute Gasteiger partial charge is 0.393 e. The fourth-order valence-electron chi connectivity index (χ4n) is 1.63. The number of aliphatic hydroxyl groups excluding tert-OH is 1. The monoisotopic (exact) mass is 212 g/mol. The molecule has 1 heteroatoms. The summed E-state index contributed by atoms with van der Waals surface area (Å²) in [6.07, 6.45) is 14.8. The van der Waals surface area contributed by atoms with Gasteiger partial charge in [-0.15, -0.1) is 0 Å². The number of hydrogen-bond acceptors (Lipinski definition) is 1. The molecular weight excluding hydrogens is 184 g/mol. The van der Waals surface area contributed by atoms with E-state index in [1.165, 1.54) is 44.9 Å². The second-order valence-corrected chi connectivity index (χ2v) is 4.35. The first kappa shape index (κ1) is 14.7. The highest BCUT2D eigenvalue weighted by molar-refractivity contribution is 4.83. The van der Waals surface area contributed by atoms with Crippen molar-refractivity contribution in [1.82, 2.24) is 0 Å². The molecule has 1 unspecified atom stereocenters. The molecule has 0 saturated heterocycles. The molecule has 0 aromatic rings. The molecule has 0 saturated carbocycles. The van der Waals surface area contributed by atoms with Crippen molar-refractivity contribution in [2.45, 2.75) is 77.7 Å². The Labute approximate surface area is 95.6 Å². The summed E-state index contributed by atoms with van der Waals surface area (Å²) in [7, 11) is 0. The standard InChI is InChI=1S/C14H28O/c1-3-5-7-8-9-11-13-14(15)12-10-6-4-2/h9,11,14-15H,3-8,10,12-13H2,1-2H3/b11-9+. The van der Waals surface area contributed by atoms with Crippen molar-refractivity contribution < 1.29 is 5.11 Å². The van der Waals surface area contributed by atoms with Gasteiger partial charge in [0.15, 0.2) is 0 Å². The van der Waals surface area contributed by atoms with Crippen molar-refractivity contribution in [2.75, 3.05) is 0 Å². The van der Waals surface area contributed by atoms with Crippen LogP contribution in [0.1, 0.15) is 71.6 Å². The molecule has 1 nitrogen and oxygen atoms in total. The van der Waals surface area contributed by atoms with Gasteiger partial charge in [-0.05, 0) is 25.7 Å². The molecule has 0 heterocycles. The first-order valence-corrected chi connectivity index (χ1v) is 6.64. The molecule has 0 rings (SSSR count). The molecule has 15 heavy (non-hydrogen) atoms. The zero-order valence-electron chi connectivity index (χ0n) is 10.5. The summed E-state index contributed by atoms with van der Waals surface area (Å²) in [6, 6.07) is 0. The number of allylic oxidation sites excluding steroid dienone is 1. The number of rotatable bonds is 10. The molecule has 90 valence electrons. The van der Waals surface area contributed by atoms with Gasteiger partial charge in [-0.1, -0.05) is 58.1 Å². The molecule has 1 N–H and O–H groups in total. The van der Waals surface area contributed by atoms with E-state index in [9.17, 15) is 5.11 Å². The van der Waals surface area contributed by atoms with Gasteiger partial charge in [-0.2, -0.15) is 0 Å². The van der Waals surface area contributed by atoms with Gasteiger partial charge in [0.1, 0.15) is 0 Å². The second-order valence-electron chi connectivity index (χ2n) is 4.35. The molecule has 0 aliphatic heterocycles. The van der Waals surface area contributed by atoms with Crippen LogP contribution in [0.15, 0.2) is 12.2 Å². The smallest absolute Gasteiger partial charge is 0.0574 e. The average Bonchev–Trinajstić information content (AvgIpc) is 2.23. The lowest BCUT2D eigenvalue weighted by Gasteiger charge is -2.06. The van der Waals surface area contributed by atoms with Crippen molar-refractivity contribution >= 4 is 0 Å². The third kappa shape index (κ3) is 11.6. The Bertz CT molecular complexity index is 140. The van der Waals surface area contributed by atoms with E-state index in [-0.39, 0.29) is 6.10 Å². The minimum Gasteiger partial charge on any atom is -0.393 e. The Hall–Kier alpha value is -0.300. The molecule has 0 bridgehead atoms. The van der Waals surface area contributed by atoms with Gasteiger partial charge in [0.05, 0.1) is 6.10 Å². The topological polar surface area (TPSA) is 20.2 Å². The Morgan fingerprint density at radius 1 is 0.933 bits per heavy atom. The Balaban J connectivity index is 3.24. The summed E-state index contributed by atoms with van der Waals surface area (Å²) in [4.78, 5) is 0. The van der Waals surface area contributed by atoms with E-state index in [1.54, 1.807) is 0 Å². The van der Waals surface area contributed by atoms with Crippen molar-refractivity contribution in [3.05, 3.63) is 12.2 Å². The minimum atomic E-state index is -0.112. The van der Waals surface area contributed by atoms with Gasteiger partial charge in [0.25, 0.3) is 0 Å². The quantitative estimate of drug-likeness (QED) is 0.419. The highest BCUT2D eigenvalue weighted by atomic mass is 16.3. The minimum absolute atomic E-state index is 0.112. The van der Waals surface area contributed by atoms with Crippen LogP contribution in [0.5, 0.6) is 0 Å². The van der Waals surface area contributed by atoms with E-state index in [0.717, 1.165) is 12.8 Å². The van der Waals surface area contributed by atoms with Crippen LogP contribution in [0.25, 0.3) is 0 Å². The van der Waals surface area contributed by atoms with Crippen LogP contribution in [0, 0.1) is 0 Å². The van der Waals surface area contributed by atoms with Gasteiger partial charge in [-0.25, -0.2) is 0 Å². The summed E-state index contributed by atoms with van der Waals surface area (Å²) >= 11 is 0. The maximum absolute atomic E-state index is 9.63. The lowest BCUT2D eigenvalue weighted by atomic mass is 10.1. The van der Waals surface area contributed by atoms with E-state index >= 15 is 0 Å². The van der Waals surface area contributed by atoms with Gasteiger partial charge in [0.2, 0.25) is 0 Å². The van der Waals surface area contributed by atoms with Gasteiger partial charge < -0.3 is 5.11 Å². The fourth-order valence-corrected chi connectivity index (χ4v) is 1.63. The van der Waals surface area contributed by atoms with E-state index in [1.807, 2.05) is 0 Å². The first-order valence-electron chi connectivity index (χ1n) is 6.64. The molecular formula is C14H28O.